The number of hydrogen-bond acceptors (Lipinski definition) is 7. The molecule has 0 aliphatic heterocycles. The minimum atomic E-state index is -0.417. The van der Waals surface area contributed by atoms with E-state index in [1.807, 2.05) is 62.4 Å². The second kappa shape index (κ2) is 10.0. The first-order valence-corrected chi connectivity index (χ1v) is 12.1. The Morgan fingerprint density at radius 1 is 1.18 bits per heavy atom. The molecule has 33 heavy (non-hydrogen) atoms. The zero-order valence-corrected chi connectivity index (χ0v) is 20.1. The Hall–Kier alpha value is -3.41. The molecule has 2 aromatic carbocycles. The molecule has 1 N–H and O–H groups in total. The Labute approximate surface area is 200 Å². The van der Waals surface area contributed by atoms with Crippen LogP contribution in [0.4, 0.5) is 5.13 Å². The van der Waals surface area contributed by atoms with E-state index in [2.05, 4.69) is 16.4 Å². The third-order valence-corrected chi connectivity index (χ3v) is 7.37. The van der Waals surface area contributed by atoms with Gasteiger partial charge in [0.1, 0.15) is 16.8 Å². The number of benzene rings is 2. The highest BCUT2D eigenvalue weighted by molar-refractivity contribution is 8.00. The first kappa shape index (κ1) is 22.8. The molecule has 0 spiro atoms. The van der Waals surface area contributed by atoms with Crippen LogP contribution in [-0.4, -0.2) is 28.2 Å². The maximum absolute atomic E-state index is 13.0. The molecule has 166 valence electrons. The van der Waals surface area contributed by atoms with Crippen LogP contribution < -0.4 is 10.1 Å². The minimum absolute atomic E-state index is 0.167. The zero-order valence-electron chi connectivity index (χ0n) is 18.5. The molecule has 0 saturated heterocycles. The van der Waals surface area contributed by atoms with Gasteiger partial charge < -0.3 is 10.1 Å². The topological polar surface area (TPSA) is 87.9 Å². The fraction of sp³-hybridized carbons (Fsp3) is 0.200. The monoisotopic (exact) mass is 474 g/mol. The summed E-state index contributed by atoms with van der Waals surface area (Å²) >= 11 is 2.70. The highest BCUT2D eigenvalue weighted by atomic mass is 32.2. The van der Waals surface area contributed by atoms with Crippen LogP contribution in [0.3, 0.4) is 0 Å². The number of amides is 1. The Bertz CT molecular complexity index is 1340. The van der Waals surface area contributed by atoms with Crippen molar-refractivity contribution in [3.63, 3.8) is 0 Å². The van der Waals surface area contributed by atoms with Gasteiger partial charge in [0, 0.05) is 5.56 Å². The van der Waals surface area contributed by atoms with Crippen LogP contribution in [0, 0.1) is 18.3 Å². The molecule has 1 amide bonds. The Balaban J connectivity index is 1.55. The molecule has 0 bridgehead atoms. The number of pyridine rings is 1. The van der Waals surface area contributed by atoms with Crippen molar-refractivity contribution in [1.82, 2.24) is 9.97 Å². The maximum atomic E-state index is 13.0. The van der Waals surface area contributed by atoms with E-state index in [9.17, 15) is 10.1 Å². The van der Waals surface area contributed by atoms with Crippen LogP contribution in [0.5, 0.6) is 5.75 Å². The summed E-state index contributed by atoms with van der Waals surface area (Å²) in [6, 6.07) is 19.5. The standard InChI is InChI=1S/C25H22N4O2S2/c1-4-21(23(30)29-25-28-20-12-10-18(31-3)13-22(20)33-25)32-24-17(14-26)9-11-19(27-24)16-7-5-15(2)6-8-16/h5-13,21H,4H2,1-3H3,(H,28,29,30). The van der Waals surface area contributed by atoms with Gasteiger partial charge in [0.25, 0.3) is 0 Å². The lowest BCUT2D eigenvalue weighted by Gasteiger charge is -2.14. The predicted molar refractivity (Wildman–Crippen MR) is 134 cm³/mol. The fourth-order valence-corrected chi connectivity index (χ4v) is 5.12. The number of nitriles is 1. The molecule has 1 unspecified atom stereocenters. The average Bonchev–Trinajstić information content (AvgIpc) is 3.24. The largest absolute Gasteiger partial charge is 0.497 e. The number of hydrogen-bond donors (Lipinski definition) is 1. The van der Waals surface area contributed by atoms with Gasteiger partial charge in [-0.05, 0) is 43.7 Å². The number of ether oxygens (including phenoxy) is 1. The van der Waals surface area contributed by atoms with Crippen molar-refractivity contribution < 1.29 is 9.53 Å². The van der Waals surface area contributed by atoms with Crippen LogP contribution in [0.2, 0.25) is 0 Å². The van der Waals surface area contributed by atoms with Crippen molar-refractivity contribution in [2.24, 2.45) is 0 Å². The highest BCUT2D eigenvalue weighted by Crippen LogP contribution is 2.32. The maximum Gasteiger partial charge on any atom is 0.239 e. The number of fused-ring (bicyclic) bond motifs is 1. The number of thiazole rings is 1. The summed E-state index contributed by atoms with van der Waals surface area (Å²) in [5, 5.41) is 13.2. The molecule has 6 nitrogen and oxygen atoms in total. The van der Waals surface area contributed by atoms with Gasteiger partial charge in [-0.15, -0.1) is 0 Å². The minimum Gasteiger partial charge on any atom is -0.497 e. The number of aromatic nitrogens is 2. The number of carbonyl (C=O) groups is 1. The summed E-state index contributed by atoms with van der Waals surface area (Å²) in [4.78, 5) is 22.2. The van der Waals surface area contributed by atoms with Crippen molar-refractivity contribution in [3.05, 3.63) is 65.7 Å². The zero-order chi connectivity index (χ0) is 23.4. The molecule has 2 aromatic heterocycles. The van der Waals surface area contributed by atoms with E-state index in [4.69, 9.17) is 9.72 Å². The molecule has 0 aliphatic rings. The van der Waals surface area contributed by atoms with Gasteiger partial charge in [-0.25, -0.2) is 9.97 Å². The van der Waals surface area contributed by atoms with Gasteiger partial charge in [-0.1, -0.05) is 59.9 Å². The number of nitrogens with zero attached hydrogens (tertiary/aromatic N) is 3. The normalized spacial score (nSPS) is 11.7. The number of thioether (sulfide) groups is 1. The van der Waals surface area contributed by atoms with Gasteiger partial charge in [0.15, 0.2) is 5.13 Å². The van der Waals surface area contributed by atoms with Gasteiger partial charge in [0.05, 0.1) is 33.8 Å². The molecule has 0 aliphatic carbocycles. The van der Waals surface area contributed by atoms with E-state index in [1.54, 1.807) is 13.2 Å². The smallest absolute Gasteiger partial charge is 0.239 e. The first-order chi connectivity index (χ1) is 16.0. The van der Waals surface area contributed by atoms with E-state index in [0.29, 0.717) is 22.1 Å². The van der Waals surface area contributed by atoms with Crippen LogP contribution >= 0.6 is 23.1 Å². The van der Waals surface area contributed by atoms with E-state index in [-0.39, 0.29) is 5.91 Å². The number of anilines is 1. The Kier molecular flexibility index (Phi) is 6.92. The summed E-state index contributed by atoms with van der Waals surface area (Å²) in [6.07, 6.45) is 0.580. The fourth-order valence-electron chi connectivity index (χ4n) is 3.23. The Morgan fingerprint density at radius 3 is 2.67 bits per heavy atom. The molecular formula is C25H22N4O2S2. The van der Waals surface area contributed by atoms with Crippen molar-refractivity contribution in [2.75, 3.05) is 12.4 Å². The van der Waals surface area contributed by atoms with Gasteiger partial charge >= 0.3 is 0 Å². The lowest BCUT2D eigenvalue weighted by Crippen LogP contribution is -2.24. The van der Waals surface area contributed by atoms with Crippen LogP contribution in [0.25, 0.3) is 21.5 Å². The summed E-state index contributed by atoms with van der Waals surface area (Å²) in [5.74, 6) is 0.578. The molecule has 0 radical (unpaired) electrons. The lowest BCUT2D eigenvalue weighted by molar-refractivity contribution is -0.115. The molecule has 4 rings (SSSR count). The van der Waals surface area contributed by atoms with Gasteiger partial charge in [0.2, 0.25) is 5.91 Å². The van der Waals surface area contributed by atoms with Crippen molar-refractivity contribution in [1.29, 1.82) is 5.26 Å². The molecular weight excluding hydrogens is 452 g/mol. The molecule has 0 saturated carbocycles. The first-order valence-electron chi connectivity index (χ1n) is 10.4. The van der Waals surface area contributed by atoms with Crippen molar-refractivity contribution in [2.45, 2.75) is 30.5 Å². The summed E-state index contributed by atoms with van der Waals surface area (Å²) < 4.78 is 6.19. The van der Waals surface area contributed by atoms with Crippen LogP contribution in [0.1, 0.15) is 24.5 Å². The quantitative estimate of drug-likeness (QED) is 0.328. The average molecular weight is 475 g/mol. The SMILES string of the molecule is CCC(Sc1nc(-c2ccc(C)cc2)ccc1C#N)C(=O)Nc1nc2ccc(OC)cc2s1. The highest BCUT2D eigenvalue weighted by Gasteiger charge is 2.22. The van der Waals surface area contributed by atoms with E-state index in [1.165, 1.54) is 23.1 Å². The van der Waals surface area contributed by atoms with E-state index < -0.39 is 5.25 Å². The molecule has 4 aromatic rings. The van der Waals surface area contributed by atoms with E-state index in [0.717, 1.165) is 32.8 Å². The van der Waals surface area contributed by atoms with Crippen molar-refractivity contribution in [3.8, 4) is 23.1 Å². The third-order valence-electron chi connectivity index (χ3n) is 5.07. The number of nitrogens with one attached hydrogen (secondary N) is 1. The molecule has 8 heteroatoms. The van der Waals surface area contributed by atoms with Gasteiger partial charge in [-0.2, -0.15) is 5.26 Å². The molecule has 1 atom stereocenters. The third kappa shape index (κ3) is 5.16. The predicted octanol–water partition coefficient (Wildman–Crippen LogP) is 6.06. The van der Waals surface area contributed by atoms with E-state index >= 15 is 0 Å². The Morgan fingerprint density at radius 2 is 1.97 bits per heavy atom. The van der Waals surface area contributed by atoms with Crippen molar-refractivity contribution >= 4 is 44.4 Å². The number of carbonyl (C=O) groups excluding carboxylic acids is 1. The summed E-state index contributed by atoms with van der Waals surface area (Å²) in [6.45, 7) is 3.97. The number of methoxy groups -OCH3 is 1. The molecule has 2 heterocycles. The summed E-state index contributed by atoms with van der Waals surface area (Å²) in [5.41, 5.74) is 4.16. The lowest BCUT2D eigenvalue weighted by atomic mass is 10.1. The van der Waals surface area contributed by atoms with Crippen LogP contribution in [0.15, 0.2) is 59.6 Å². The number of aryl methyl sites for hydroxylation is 1. The number of rotatable bonds is 7. The summed E-state index contributed by atoms with van der Waals surface area (Å²) in [7, 11) is 1.62. The second-order valence-corrected chi connectivity index (χ2v) is 9.61. The second-order valence-electron chi connectivity index (χ2n) is 7.38. The van der Waals surface area contributed by atoms with Crippen LogP contribution in [-0.2, 0) is 4.79 Å². The molecule has 0 fully saturated rings. The van der Waals surface area contributed by atoms with Gasteiger partial charge in [-0.3, -0.25) is 4.79 Å².